The number of carboxylic acids is 1. The number of likely N-dealkylation sites (tertiary alicyclic amines) is 1. The molecule has 0 amide bonds. The molecular weight excluding hydrogens is 214 g/mol. The molecule has 3 nitrogen and oxygen atoms in total. The molecule has 0 spiro atoms. The molecule has 0 radical (unpaired) electrons. The molecule has 0 atom stereocenters. The maximum atomic E-state index is 10.5. The molecule has 1 aliphatic heterocycles. The van der Waals surface area contributed by atoms with Crippen LogP contribution in [0, 0.1) is 5.92 Å². The standard InChI is InChI=1S/C10H19NO2.2C2H6/c1-2-5-11-6-3-9(4-7-11)8-10(12)13;2*1-2/h9H,2-8H2,1H3,(H,12,13);2*1-2H3. The molecule has 1 rings (SSSR count). The summed E-state index contributed by atoms with van der Waals surface area (Å²) in [5.41, 5.74) is 0. The van der Waals surface area contributed by atoms with Gasteiger partial charge in [0.1, 0.15) is 0 Å². The number of piperidine rings is 1. The number of aliphatic carboxylic acids is 1. The van der Waals surface area contributed by atoms with Gasteiger partial charge in [0.2, 0.25) is 0 Å². The van der Waals surface area contributed by atoms with E-state index in [4.69, 9.17) is 5.11 Å². The van der Waals surface area contributed by atoms with Gasteiger partial charge in [0.15, 0.2) is 0 Å². The summed E-state index contributed by atoms with van der Waals surface area (Å²) in [6.07, 6.45) is 3.68. The van der Waals surface area contributed by atoms with Crippen LogP contribution in [0.3, 0.4) is 0 Å². The largest absolute Gasteiger partial charge is 0.481 e. The zero-order valence-electron chi connectivity index (χ0n) is 12.3. The normalized spacial score (nSPS) is 16.3. The van der Waals surface area contributed by atoms with Crippen molar-refractivity contribution in [2.24, 2.45) is 5.92 Å². The summed E-state index contributed by atoms with van der Waals surface area (Å²) in [4.78, 5) is 12.9. The van der Waals surface area contributed by atoms with Gasteiger partial charge in [0, 0.05) is 6.42 Å². The minimum Gasteiger partial charge on any atom is -0.481 e. The maximum absolute atomic E-state index is 10.5. The Morgan fingerprint density at radius 3 is 2.00 bits per heavy atom. The van der Waals surface area contributed by atoms with Crippen LogP contribution in [0.5, 0.6) is 0 Å². The molecule has 1 N–H and O–H groups in total. The van der Waals surface area contributed by atoms with Gasteiger partial charge < -0.3 is 10.0 Å². The van der Waals surface area contributed by atoms with Crippen LogP contribution in [0.15, 0.2) is 0 Å². The SMILES string of the molecule is CC.CC.CCCN1CCC(CC(=O)O)CC1. The zero-order chi connectivity index (χ0) is 13.7. The molecule has 0 unspecified atom stereocenters. The summed E-state index contributed by atoms with van der Waals surface area (Å²) >= 11 is 0. The number of nitrogens with zero attached hydrogens (tertiary/aromatic N) is 1. The van der Waals surface area contributed by atoms with Gasteiger partial charge in [-0.3, -0.25) is 4.79 Å². The van der Waals surface area contributed by atoms with E-state index >= 15 is 0 Å². The molecule has 104 valence electrons. The van der Waals surface area contributed by atoms with Gasteiger partial charge in [-0.2, -0.15) is 0 Å². The molecule has 0 aromatic carbocycles. The number of carboxylic acid groups (broad SMARTS) is 1. The van der Waals surface area contributed by atoms with E-state index in [1.54, 1.807) is 0 Å². The van der Waals surface area contributed by atoms with E-state index in [1.165, 1.54) is 13.0 Å². The molecule has 0 saturated carbocycles. The molecule has 1 saturated heterocycles. The number of hydrogen-bond acceptors (Lipinski definition) is 2. The van der Waals surface area contributed by atoms with Crippen LogP contribution < -0.4 is 0 Å². The van der Waals surface area contributed by atoms with Crippen LogP contribution in [0.1, 0.15) is 60.3 Å². The van der Waals surface area contributed by atoms with Gasteiger partial charge in [0.05, 0.1) is 0 Å². The fourth-order valence-corrected chi connectivity index (χ4v) is 1.98. The highest BCUT2D eigenvalue weighted by Gasteiger charge is 2.20. The van der Waals surface area contributed by atoms with E-state index < -0.39 is 5.97 Å². The lowest BCUT2D eigenvalue weighted by molar-refractivity contribution is -0.138. The van der Waals surface area contributed by atoms with Gasteiger partial charge in [-0.1, -0.05) is 34.6 Å². The minimum atomic E-state index is -0.644. The van der Waals surface area contributed by atoms with E-state index in [0.717, 1.165) is 25.9 Å². The van der Waals surface area contributed by atoms with Crippen LogP contribution in [-0.2, 0) is 4.79 Å². The Morgan fingerprint density at radius 1 is 1.18 bits per heavy atom. The molecule has 1 heterocycles. The van der Waals surface area contributed by atoms with E-state index in [2.05, 4.69) is 11.8 Å². The summed E-state index contributed by atoms with van der Waals surface area (Å²) in [5.74, 6) is -0.223. The number of hydrogen-bond donors (Lipinski definition) is 1. The molecule has 0 aromatic rings. The van der Waals surface area contributed by atoms with E-state index in [9.17, 15) is 4.79 Å². The van der Waals surface area contributed by atoms with Gasteiger partial charge in [0.25, 0.3) is 0 Å². The maximum Gasteiger partial charge on any atom is 0.303 e. The van der Waals surface area contributed by atoms with Crippen LogP contribution >= 0.6 is 0 Å². The molecule has 0 aliphatic carbocycles. The molecule has 1 aliphatic rings. The molecule has 0 aromatic heterocycles. The molecule has 17 heavy (non-hydrogen) atoms. The van der Waals surface area contributed by atoms with Crippen molar-refractivity contribution in [3.63, 3.8) is 0 Å². The predicted molar refractivity (Wildman–Crippen MR) is 74.4 cm³/mol. The highest BCUT2D eigenvalue weighted by Crippen LogP contribution is 2.20. The monoisotopic (exact) mass is 245 g/mol. The first kappa shape index (κ1) is 18.8. The van der Waals surface area contributed by atoms with Crippen molar-refractivity contribution in [3.8, 4) is 0 Å². The highest BCUT2D eigenvalue weighted by atomic mass is 16.4. The summed E-state index contributed by atoms with van der Waals surface area (Å²) in [6.45, 7) is 13.5. The predicted octanol–water partition coefficient (Wildman–Crippen LogP) is 3.64. The van der Waals surface area contributed by atoms with E-state index in [-0.39, 0.29) is 0 Å². The quantitative estimate of drug-likeness (QED) is 0.822. The lowest BCUT2D eigenvalue weighted by atomic mass is 9.93. The summed E-state index contributed by atoms with van der Waals surface area (Å²) in [7, 11) is 0. The van der Waals surface area contributed by atoms with Crippen molar-refractivity contribution >= 4 is 5.97 Å². The molecular formula is C14H31NO2. The van der Waals surface area contributed by atoms with Crippen molar-refractivity contribution in [3.05, 3.63) is 0 Å². The lowest BCUT2D eigenvalue weighted by Crippen LogP contribution is -2.34. The number of carbonyl (C=O) groups is 1. The van der Waals surface area contributed by atoms with Crippen molar-refractivity contribution in [1.29, 1.82) is 0 Å². The Labute approximate surface area is 107 Å². The molecule has 0 bridgehead atoms. The summed E-state index contributed by atoms with van der Waals surface area (Å²) in [6, 6.07) is 0. The topological polar surface area (TPSA) is 40.5 Å². The van der Waals surface area contributed by atoms with Crippen LogP contribution in [0.2, 0.25) is 0 Å². The second kappa shape index (κ2) is 13.5. The van der Waals surface area contributed by atoms with Crippen LogP contribution in [0.25, 0.3) is 0 Å². The van der Waals surface area contributed by atoms with Gasteiger partial charge in [-0.05, 0) is 44.8 Å². The van der Waals surface area contributed by atoms with Crippen molar-refractivity contribution < 1.29 is 9.90 Å². The first-order chi connectivity index (χ1) is 8.22. The third kappa shape index (κ3) is 10.3. The Bertz CT molecular complexity index is 164. The summed E-state index contributed by atoms with van der Waals surface area (Å²) < 4.78 is 0. The second-order valence-electron chi connectivity index (χ2n) is 3.88. The van der Waals surface area contributed by atoms with Crippen molar-refractivity contribution in [2.45, 2.75) is 60.3 Å². The minimum absolute atomic E-state index is 0.361. The fraction of sp³-hybridized carbons (Fsp3) is 0.929. The molecule has 3 heteroatoms. The smallest absolute Gasteiger partial charge is 0.303 e. The van der Waals surface area contributed by atoms with Gasteiger partial charge >= 0.3 is 5.97 Å². The summed E-state index contributed by atoms with van der Waals surface area (Å²) in [5, 5.41) is 8.62. The third-order valence-corrected chi connectivity index (χ3v) is 2.71. The zero-order valence-corrected chi connectivity index (χ0v) is 12.3. The highest BCUT2D eigenvalue weighted by molar-refractivity contribution is 5.67. The second-order valence-corrected chi connectivity index (χ2v) is 3.88. The Balaban J connectivity index is 0. The average Bonchev–Trinajstić information content (AvgIpc) is 2.36. The lowest BCUT2D eigenvalue weighted by Gasteiger charge is -2.30. The van der Waals surface area contributed by atoms with Crippen molar-refractivity contribution in [1.82, 2.24) is 4.90 Å². The van der Waals surface area contributed by atoms with E-state index in [0.29, 0.717) is 12.3 Å². The van der Waals surface area contributed by atoms with Gasteiger partial charge in [-0.25, -0.2) is 0 Å². The third-order valence-electron chi connectivity index (χ3n) is 2.71. The van der Waals surface area contributed by atoms with Crippen molar-refractivity contribution in [2.75, 3.05) is 19.6 Å². The fourth-order valence-electron chi connectivity index (χ4n) is 1.98. The average molecular weight is 245 g/mol. The number of rotatable bonds is 4. The van der Waals surface area contributed by atoms with Gasteiger partial charge in [-0.15, -0.1) is 0 Å². The first-order valence-electron chi connectivity index (χ1n) is 7.16. The van der Waals surface area contributed by atoms with E-state index in [1.807, 2.05) is 27.7 Å². The van der Waals surface area contributed by atoms with Crippen LogP contribution in [0.4, 0.5) is 0 Å². The molecule has 1 fully saturated rings. The first-order valence-corrected chi connectivity index (χ1v) is 7.16. The van der Waals surface area contributed by atoms with Crippen LogP contribution in [-0.4, -0.2) is 35.6 Å². The Morgan fingerprint density at radius 2 is 1.65 bits per heavy atom. The Kier molecular flexibility index (Phi) is 14.9. The Hall–Kier alpha value is -0.570.